The summed E-state index contributed by atoms with van der Waals surface area (Å²) in [5.41, 5.74) is 0. The van der Waals surface area contributed by atoms with Crippen LogP contribution in [0, 0.1) is 0 Å². The highest BCUT2D eigenvalue weighted by molar-refractivity contribution is 9.10. The van der Waals surface area contributed by atoms with Crippen molar-refractivity contribution in [2.24, 2.45) is 0 Å². The van der Waals surface area contributed by atoms with E-state index >= 15 is 0 Å². The summed E-state index contributed by atoms with van der Waals surface area (Å²) in [7, 11) is 0. The number of carbonyl (C=O) groups excluding carboxylic acids is 1. The largest absolute Gasteiger partial charge is 0.293 e. The van der Waals surface area contributed by atoms with E-state index in [4.69, 9.17) is 0 Å². The Balaban J connectivity index is 2.68. The van der Waals surface area contributed by atoms with Gasteiger partial charge in [-0.25, -0.2) is 0 Å². The smallest absolute Gasteiger partial charge is 0.173 e. The summed E-state index contributed by atoms with van der Waals surface area (Å²) < 4.78 is 2.11. The summed E-state index contributed by atoms with van der Waals surface area (Å²) in [6.07, 6.45) is 0.561. The lowest BCUT2D eigenvalue weighted by molar-refractivity contribution is 0.0991. The molecule has 0 saturated carbocycles. The fourth-order valence-corrected chi connectivity index (χ4v) is 3.40. The van der Waals surface area contributed by atoms with Crippen LogP contribution in [0.2, 0.25) is 0 Å². The summed E-state index contributed by atoms with van der Waals surface area (Å²) in [5.74, 6) is 0.207. The van der Waals surface area contributed by atoms with E-state index in [1.807, 2.05) is 31.2 Å². The molecule has 1 aromatic heterocycles. The first-order valence-corrected chi connectivity index (χ1v) is 6.05. The van der Waals surface area contributed by atoms with Crippen LogP contribution in [-0.4, -0.2) is 5.78 Å². The minimum atomic E-state index is 0.207. The zero-order valence-corrected chi connectivity index (χ0v) is 10.1. The SMILES string of the molecule is CCC(=O)c1sc2ccccc2c1Br. The van der Waals surface area contributed by atoms with Gasteiger partial charge >= 0.3 is 0 Å². The van der Waals surface area contributed by atoms with Gasteiger partial charge in [0.05, 0.1) is 4.88 Å². The normalized spacial score (nSPS) is 10.7. The number of halogens is 1. The van der Waals surface area contributed by atoms with E-state index in [1.54, 1.807) is 11.3 Å². The second-order valence-corrected chi connectivity index (χ2v) is 4.86. The van der Waals surface area contributed by atoms with Crippen LogP contribution in [0.15, 0.2) is 28.7 Å². The number of hydrogen-bond acceptors (Lipinski definition) is 2. The van der Waals surface area contributed by atoms with Crippen molar-refractivity contribution in [3.05, 3.63) is 33.6 Å². The monoisotopic (exact) mass is 268 g/mol. The first-order chi connectivity index (χ1) is 6.74. The average Bonchev–Trinajstić information content (AvgIpc) is 2.56. The highest BCUT2D eigenvalue weighted by Gasteiger charge is 2.14. The predicted octanol–water partition coefficient (Wildman–Crippen LogP) is 4.26. The zero-order chi connectivity index (χ0) is 10.1. The van der Waals surface area contributed by atoms with Gasteiger partial charge < -0.3 is 0 Å². The van der Waals surface area contributed by atoms with E-state index in [0.717, 1.165) is 19.4 Å². The molecule has 14 heavy (non-hydrogen) atoms. The Morgan fingerprint density at radius 1 is 1.43 bits per heavy atom. The van der Waals surface area contributed by atoms with Crippen LogP contribution in [0.3, 0.4) is 0 Å². The van der Waals surface area contributed by atoms with E-state index in [1.165, 1.54) is 0 Å². The minimum absolute atomic E-state index is 0.207. The molecule has 3 heteroatoms. The molecule has 0 atom stereocenters. The molecular weight excluding hydrogens is 260 g/mol. The van der Waals surface area contributed by atoms with Gasteiger partial charge in [0, 0.05) is 21.0 Å². The van der Waals surface area contributed by atoms with Crippen molar-refractivity contribution < 1.29 is 4.79 Å². The zero-order valence-electron chi connectivity index (χ0n) is 7.71. The number of fused-ring (bicyclic) bond motifs is 1. The maximum absolute atomic E-state index is 11.6. The Morgan fingerprint density at radius 2 is 2.14 bits per heavy atom. The second kappa shape index (κ2) is 3.83. The third kappa shape index (κ3) is 1.51. The maximum atomic E-state index is 11.6. The predicted molar refractivity (Wildman–Crippen MR) is 64.1 cm³/mol. The number of ketones is 1. The van der Waals surface area contributed by atoms with Crippen molar-refractivity contribution in [1.82, 2.24) is 0 Å². The molecule has 1 nitrogen and oxygen atoms in total. The number of Topliss-reactive ketones (excluding diaryl/α,β-unsaturated/α-hetero) is 1. The molecule has 72 valence electrons. The maximum Gasteiger partial charge on any atom is 0.173 e. The van der Waals surface area contributed by atoms with Gasteiger partial charge in [-0.3, -0.25) is 4.79 Å². The van der Waals surface area contributed by atoms with Crippen molar-refractivity contribution in [3.8, 4) is 0 Å². The van der Waals surface area contributed by atoms with Crippen molar-refractivity contribution in [2.75, 3.05) is 0 Å². The van der Waals surface area contributed by atoms with Crippen molar-refractivity contribution in [1.29, 1.82) is 0 Å². The highest BCUT2D eigenvalue weighted by Crippen LogP contribution is 2.35. The van der Waals surface area contributed by atoms with Gasteiger partial charge in [-0.05, 0) is 22.0 Å². The van der Waals surface area contributed by atoms with Crippen LogP contribution in [0.4, 0.5) is 0 Å². The molecule has 0 amide bonds. The molecule has 0 unspecified atom stereocenters. The van der Waals surface area contributed by atoms with Crippen LogP contribution in [-0.2, 0) is 0 Å². The highest BCUT2D eigenvalue weighted by atomic mass is 79.9. The minimum Gasteiger partial charge on any atom is -0.293 e. The number of carbonyl (C=O) groups is 1. The molecule has 1 heterocycles. The van der Waals surface area contributed by atoms with Gasteiger partial charge in [-0.15, -0.1) is 11.3 Å². The number of benzene rings is 1. The van der Waals surface area contributed by atoms with Gasteiger partial charge in [0.15, 0.2) is 5.78 Å². The van der Waals surface area contributed by atoms with Crippen LogP contribution >= 0.6 is 27.3 Å². The van der Waals surface area contributed by atoms with Gasteiger partial charge in [0.25, 0.3) is 0 Å². The van der Waals surface area contributed by atoms with E-state index in [0.29, 0.717) is 6.42 Å². The van der Waals surface area contributed by atoms with Gasteiger partial charge in [0.2, 0.25) is 0 Å². The lowest BCUT2D eigenvalue weighted by Crippen LogP contribution is -1.92. The second-order valence-electron chi connectivity index (χ2n) is 3.02. The summed E-state index contributed by atoms with van der Waals surface area (Å²) in [6.45, 7) is 1.89. The van der Waals surface area contributed by atoms with Crippen molar-refractivity contribution >= 4 is 43.1 Å². The Labute approximate surface area is 94.9 Å². The van der Waals surface area contributed by atoms with E-state index in [-0.39, 0.29) is 5.78 Å². The van der Waals surface area contributed by atoms with Gasteiger partial charge in [0.1, 0.15) is 0 Å². The Morgan fingerprint density at radius 3 is 2.79 bits per heavy atom. The lowest BCUT2D eigenvalue weighted by Gasteiger charge is -1.92. The molecule has 0 aliphatic carbocycles. The molecule has 0 radical (unpaired) electrons. The molecule has 0 saturated heterocycles. The van der Waals surface area contributed by atoms with Crippen LogP contribution in [0.1, 0.15) is 23.0 Å². The summed E-state index contributed by atoms with van der Waals surface area (Å²) >= 11 is 5.04. The average molecular weight is 269 g/mol. The van der Waals surface area contributed by atoms with Crippen LogP contribution < -0.4 is 0 Å². The fraction of sp³-hybridized carbons (Fsp3) is 0.182. The van der Waals surface area contributed by atoms with E-state index in [2.05, 4.69) is 15.9 Å². The first kappa shape index (κ1) is 9.87. The molecule has 2 aromatic rings. The molecule has 0 N–H and O–H groups in total. The summed E-state index contributed by atoms with van der Waals surface area (Å²) in [5, 5.41) is 1.13. The van der Waals surface area contributed by atoms with Crippen molar-refractivity contribution in [3.63, 3.8) is 0 Å². The molecule has 0 aliphatic rings. The molecule has 0 spiro atoms. The molecule has 0 aliphatic heterocycles. The quantitative estimate of drug-likeness (QED) is 0.744. The van der Waals surface area contributed by atoms with E-state index < -0.39 is 0 Å². The van der Waals surface area contributed by atoms with Crippen molar-refractivity contribution in [2.45, 2.75) is 13.3 Å². The lowest BCUT2D eigenvalue weighted by atomic mass is 10.2. The van der Waals surface area contributed by atoms with Crippen LogP contribution in [0.25, 0.3) is 10.1 Å². The fourth-order valence-electron chi connectivity index (χ4n) is 1.35. The Kier molecular flexibility index (Phi) is 2.70. The van der Waals surface area contributed by atoms with Crippen LogP contribution in [0.5, 0.6) is 0 Å². The van der Waals surface area contributed by atoms with Gasteiger partial charge in [-0.1, -0.05) is 25.1 Å². The summed E-state index contributed by atoms with van der Waals surface area (Å²) in [6, 6.07) is 8.05. The standard InChI is InChI=1S/C11H9BrOS/c1-2-8(13)11-10(12)7-5-3-4-6-9(7)14-11/h3-6H,2H2,1H3. The Hall–Kier alpha value is -0.670. The molecule has 1 aromatic carbocycles. The third-order valence-corrected chi connectivity index (χ3v) is 4.41. The van der Waals surface area contributed by atoms with E-state index in [9.17, 15) is 4.79 Å². The number of rotatable bonds is 2. The number of hydrogen-bond donors (Lipinski definition) is 0. The summed E-state index contributed by atoms with van der Waals surface area (Å²) in [4.78, 5) is 12.4. The third-order valence-electron chi connectivity index (χ3n) is 2.11. The topological polar surface area (TPSA) is 17.1 Å². The molecular formula is C11H9BrOS. The molecule has 2 rings (SSSR count). The van der Waals surface area contributed by atoms with Gasteiger partial charge in [-0.2, -0.15) is 0 Å². The molecule has 0 fully saturated rings. The number of thiophene rings is 1. The Bertz CT molecular complexity index is 487. The first-order valence-electron chi connectivity index (χ1n) is 4.44. The molecule has 0 bridgehead atoms.